The Hall–Kier alpha value is -2.34. The van der Waals surface area contributed by atoms with Crippen LogP contribution in [0.15, 0.2) is 30.5 Å². The lowest BCUT2D eigenvalue weighted by molar-refractivity contribution is 0.469. The molecule has 0 saturated heterocycles. The Morgan fingerprint density at radius 1 is 1.32 bits per heavy atom. The summed E-state index contributed by atoms with van der Waals surface area (Å²) >= 11 is 5.92. The summed E-state index contributed by atoms with van der Waals surface area (Å²) in [5, 5.41) is 10.9. The lowest BCUT2D eigenvalue weighted by Crippen LogP contribution is -1.99. The van der Waals surface area contributed by atoms with Crippen molar-refractivity contribution in [1.29, 1.82) is 0 Å². The maximum atomic E-state index is 5.92. The van der Waals surface area contributed by atoms with Crippen LogP contribution in [0.5, 0.6) is 11.6 Å². The molecule has 0 fully saturated rings. The molecule has 0 saturated carbocycles. The van der Waals surface area contributed by atoms with Crippen LogP contribution in [0.2, 0.25) is 5.02 Å². The summed E-state index contributed by atoms with van der Waals surface area (Å²) in [5.41, 5.74) is 0.608. The van der Waals surface area contributed by atoms with Gasteiger partial charge in [-0.15, -0.1) is 0 Å². The fourth-order valence-electron chi connectivity index (χ4n) is 1.64. The zero-order chi connectivity index (χ0) is 13.2. The molecule has 0 radical (unpaired) electrons. The standard InChI is InChI=1S/C12H10ClN5O/c1-14-12-16-10-9(6-15-18-10)11(17-12)19-8-4-2-3-7(13)5-8/h2-6H,1H3,(H2,14,15,16,17,18). The van der Waals surface area contributed by atoms with E-state index < -0.39 is 0 Å². The van der Waals surface area contributed by atoms with Crippen LogP contribution in [-0.4, -0.2) is 27.2 Å². The van der Waals surface area contributed by atoms with Crippen molar-refractivity contribution >= 4 is 28.6 Å². The van der Waals surface area contributed by atoms with Crippen molar-refractivity contribution < 1.29 is 4.74 Å². The number of rotatable bonds is 3. The second kappa shape index (κ2) is 4.74. The number of hydrogen-bond acceptors (Lipinski definition) is 5. The van der Waals surface area contributed by atoms with Crippen LogP contribution in [0.3, 0.4) is 0 Å². The number of fused-ring (bicyclic) bond motifs is 1. The number of benzene rings is 1. The molecule has 1 aromatic carbocycles. The molecular weight excluding hydrogens is 266 g/mol. The van der Waals surface area contributed by atoms with Gasteiger partial charge >= 0.3 is 0 Å². The zero-order valence-corrected chi connectivity index (χ0v) is 10.8. The Balaban J connectivity index is 2.06. The van der Waals surface area contributed by atoms with E-state index in [9.17, 15) is 0 Å². The molecule has 7 heteroatoms. The van der Waals surface area contributed by atoms with E-state index in [0.717, 1.165) is 0 Å². The van der Waals surface area contributed by atoms with Crippen LogP contribution in [0.25, 0.3) is 11.0 Å². The first kappa shape index (κ1) is 11.7. The van der Waals surface area contributed by atoms with E-state index in [0.29, 0.717) is 33.6 Å². The van der Waals surface area contributed by atoms with Gasteiger partial charge in [0.2, 0.25) is 11.8 Å². The Bertz CT molecular complexity index is 727. The molecule has 96 valence electrons. The highest BCUT2D eigenvalue weighted by atomic mass is 35.5. The number of hydrogen-bond donors (Lipinski definition) is 2. The highest BCUT2D eigenvalue weighted by Crippen LogP contribution is 2.28. The second-order valence-electron chi connectivity index (χ2n) is 3.79. The molecule has 0 amide bonds. The molecule has 0 bridgehead atoms. The van der Waals surface area contributed by atoms with Gasteiger partial charge in [0.25, 0.3) is 0 Å². The molecule has 0 aliphatic carbocycles. The molecule has 2 N–H and O–H groups in total. The van der Waals surface area contributed by atoms with E-state index in [2.05, 4.69) is 25.5 Å². The van der Waals surface area contributed by atoms with Gasteiger partial charge < -0.3 is 10.1 Å². The molecule has 2 heterocycles. The number of nitrogens with one attached hydrogen (secondary N) is 2. The van der Waals surface area contributed by atoms with Gasteiger partial charge in [0.15, 0.2) is 5.65 Å². The third kappa shape index (κ3) is 2.30. The minimum absolute atomic E-state index is 0.422. The van der Waals surface area contributed by atoms with Gasteiger partial charge in [-0.1, -0.05) is 17.7 Å². The van der Waals surface area contributed by atoms with Gasteiger partial charge in [-0.25, -0.2) is 0 Å². The topological polar surface area (TPSA) is 75.7 Å². The maximum Gasteiger partial charge on any atom is 0.235 e. The van der Waals surface area contributed by atoms with Crippen molar-refractivity contribution in [2.45, 2.75) is 0 Å². The van der Waals surface area contributed by atoms with Crippen molar-refractivity contribution in [1.82, 2.24) is 20.2 Å². The molecule has 0 aliphatic rings. The molecule has 3 aromatic rings. The quantitative estimate of drug-likeness (QED) is 0.769. The largest absolute Gasteiger partial charge is 0.438 e. The molecule has 3 rings (SSSR count). The van der Waals surface area contributed by atoms with Crippen molar-refractivity contribution in [2.75, 3.05) is 12.4 Å². The fraction of sp³-hybridized carbons (Fsp3) is 0.0833. The minimum atomic E-state index is 0.422. The molecule has 2 aromatic heterocycles. The molecule has 0 atom stereocenters. The van der Waals surface area contributed by atoms with Crippen LogP contribution in [-0.2, 0) is 0 Å². The van der Waals surface area contributed by atoms with Crippen molar-refractivity contribution in [3.8, 4) is 11.6 Å². The van der Waals surface area contributed by atoms with Crippen molar-refractivity contribution in [2.24, 2.45) is 0 Å². The second-order valence-corrected chi connectivity index (χ2v) is 4.23. The summed E-state index contributed by atoms with van der Waals surface area (Å²) in [5.74, 6) is 1.48. The van der Waals surface area contributed by atoms with E-state index in [1.165, 1.54) is 0 Å². The Morgan fingerprint density at radius 3 is 3.00 bits per heavy atom. The van der Waals surface area contributed by atoms with E-state index in [-0.39, 0.29) is 0 Å². The number of ether oxygens (including phenoxy) is 1. The monoisotopic (exact) mass is 275 g/mol. The number of aromatic amines is 1. The van der Waals surface area contributed by atoms with Gasteiger partial charge in [0.1, 0.15) is 11.1 Å². The molecule has 19 heavy (non-hydrogen) atoms. The van der Waals surface area contributed by atoms with Crippen LogP contribution < -0.4 is 10.1 Å². The summed E-state index contributed by atoms with van der Waals surface area (Å²) in [4.78, 5) is 8.50. The first-order valence-corrected chi connectivity index (χ1v) is 5.96. The van der Waals surface area contributed by atoms with E-state index in [4.69, 9.17) is 16.3 Å². The van der Waals surface area contributed by atoms with Gasteiger partial charge in [-0.3, -0.25) is 5.10 Å². The normalized spacial score (nSPS) is 10.6. The van der Waals surface area contributed by atoms with Gasteiger partial charge in [0.05, 0.1) is 6.20 Å². The van der Waals surface area contributed by atoms with Gasteiger partial charge in [-0.05, 0) is 18.2 Å². The number of nitrogens with zero attached hydrogens (tertiary/aromatic N) is 3. The summed E-state index contributed by atoms with van der Waals surface area (Å²) in [7, 11) is 1.74. The number of anilines is 1. The van der Waals surface area contributed by atoms with Crippen molar-refractivity contribution in [3.05, 3.63) is 35.5 Å². The minimum Gasteiger partial charge on any atom is -0.438 e. The van der Waals surface area contributed by atoms with Gasteiger partial charge in [0, 0.05) is 12.1 Å². The Kier molecular flexibility index (Phi) is 2.92. The van der Waals surface area contributed by atoms with E-state index in [1.807, 2.05) is 6.07 Å². The van der Waals surface area contributed by atoms with Gasteiger partial charge in [-0.2, -0.15) is 15.1 Å². The molecule has 0 spiro atoms. The molecule has 0 aliphatic heterocycles. The average Bonchev–Trinajstić information content (AvgIpc) is 2.87. The van der Waals surface area contributed by atoms with Crippen LogP contribution in [0, 0.1) is 0 Å². The SMILES string of the molecule is CNc1nc(Oc2cccc(Cl)c2)c2cn[nH]c2n1. The fourth-order valence-corrected chi connectivity index (χ4v) is 1.82. The summed E-state index contributed by atoms with van der Waals surface area (Å²) in [6.45, 7) is 0. The van der Waals surface area contributed by atoms with Crippen LogP contribution in [0.1, 0.15) is 0 Å². The van der Waals surface area contributed by atoms with Crippen molar-refractivity contribution in [3.63, 3.8) is 0 Å². The predicted octanol–water partition coefficient (Wildman–Crippen LogP) is 2.84. The van der Waals surface area contributed by atoms with Crippen LogP contribution in [0.4, 0.5) is 5.95 Å². The summed E-state index contributed by atoms with van der Waals surface area (Å²) < 4.78 is 5.74. The lowest BCUT2D eigenvalue weighted by atomic mass is 10.3. The lowest BCUT2D eigenvalue weighted by Gasteiger charge is -2.07. The molecule has 6 nitrogen and oxygen atoms in total. The smallest absolute Gasteiger partial charge is 0.235 e. The molecule has 0 unspecified atom stereocenters. The first-order valence-electron chi connectivity index (χ1n) is 5.58. The number of H-pyrrole nitrogens is 1. The predicted molar refractivity (Wildman–Crippen MR) is 72.8 cm³/mol. The highest BCUT2D eigenvalue weighted by molar-refractivity contribution is 6.30. The molecular formula is C12H10ClN5O. The summed E-state index contributed by atoms with van der Waals surface area (Å²) in [6.07, 6.45) is 1.62. The Morgan fingerprint density at radius 2 is 2.21 bits per heavy atom. The number of halogens is 1. The average molecular weight is 276 g/mol. The maximum absolute atomic E-state index is 5.92. The first-order chi connectivity index (χ1) is 9.26. The number of aromatic nitrogens is 4. The summed E-state index contributed by atoms with van der Waals surface area (Å²) in [6, 6.07) is 7.11. The highest BCUT2D eigenvalue weighted by Gasteiger charge is 2.11. The third-order valence-electron chi connectivity index (χ3n) is 2.51. The zero-order valence-electron chi connectivity index (χ0n) is 10.0. The Labute approximate surface area is 113 Å². The van der Waals surface area contributed by atoms with E-state index >= 15 is 0 Å². The van der Waals surface area contributed by atoms with E-state index in [1.54, 1.807) is 31.4 Å². The van der Waals surface area contributed by atoms with Crippen LogP contribution >= 0.6 is 11.6 Å². The third-order valence-corrected chi connectivity index (χ3v) is 2.74.